The average Bonchev–Trinajstić information content (AvgIpc) is 2.63. The number of carboxylic acids is 1. The number of allylic oxidation sites excluding steroid dienone is 4. The second kappa shape index (κ2) is 8.92. The molecule has 0 unspecified atom stereocenters. The van der Waals surface area contributed by atoms with Crippen LogP contribution in [-0.4, -0.2) is 34.3 Å². The van der Waals surface area contributed by atoms with E-state index in [9.17, 15) is 14.4 Å². The third-order valence-electron chi connectivity index (χ3n) is 4.64. The van der Waals surface area contributed by atoms with Gasteiger partial charge in [-0.05, 0) is 68.2 Å². The lowest BCUT2D eigenvalue weighted by atomic mass is 9.91. The van der Waals surface area contributed by atoms with Crippen LogP contribution in [-0.2, 0) is 14.4 Å². The number of carbonyl (C=O) groups is 3. The van der Waals surface area contributed by atoms with Crippen molar-refractivity contribution in [3.05, 3.63) is 69.8 Å². The van der Waals surface area contributed by atoms with Crippen LogP contribution in [0.4, 0.5) is 5.69 Å². The SMILES string of the molecule is CC1=C(C)/C(=C(C)/C=C(C)/C=C(\Cl)c2ccc(N)cc2)C(=O)N(CC(=O)O)C1=O. The Morgan fingerprint density at radius 2 is 1.66 bits per heavy atom. The molecule has 1 heterocycles. The van der Waals surface area contributed by atoms with Gasteiger partial charge in [0, 0.05) is 21.9 Å². The lowest BCUT2D eigenvalue weighted by Crippen LogP contribution is -2.45. The highest BCUT2D eigenvalue weighted by Gasteiger charge is 2.35. The van der Waals surface area contributed by atoms with Gasteiger partial charge in [-0.2, -0.15) is 0 Å². The zero-order valence-electron chi connectivity index (χ0n) is 16.7. The third kappa shape index (κ3) is 5.03. The predicted octanol–water partition coefficient (Wildman–Crippen LogP) is 3.90. The number of nitrogens with two attached hydrogens (primary N) is 1. The molecule has 3 N–H and O–H groups in total. The summed E-state index contributed by atoms with van der Waals surface area (Å²) >= 11 is 6.37. The molecule has 0 atom stereocenters. The number of carboxylic acid groups (broad SMARTS) is 1. The minimum Gasteiger partial charge on any atom is -0.480 e. The highest BCUT2D eigenvalue weighted by Crippen LogP contribution is 2.29. The van der Waals surface area contributed by atoms with Gasteiger partial charge in [0.05, 0.1) is 0 Å². The Morgan fingerprint density at radius 3 is 2.21 bits per heavy atom. The first-order valence-corrected chi connectivity index (χ1v) is 9.28. The molecule has 0 bridgehead atoms. The summed E-state index contributed by atoms with van der Waals surface area (Å²) in [5, 5.41) is 9.54. The standard InChI is InChI=1S/C22H23ClN2O4/c1-12(10-18(23)16-5-7-17(24)8-6-16)9-13(2)20-14(3)15(4)21(28)25(22(20)29)11-19(26)27/h5-10H,11,24H2,1-4H3,(H,26,27)/b12-9+,18-10-,20-13-. The molecule has 1 aliphatic rings. The zero-order chi connectivity index (χ0) is 21.9. The number of benzene rings is 1. The first kappa shape index (κ1) is 22.2. The van der Waals surface area contributed by atoms with Crippen LogP contribution in [0.15, 0.2) is 64.3 Å². The van der Waals surface area contributed by atoms with Gasteiger partial charge in [-0.25, -0.2) is 0 Å². The van der Waals surface area contributed by atoms with Crippen molar-refractivity contribution in [2.75, 3.05) is 12.3 Å². The molecule has 1 aliphatic heterocycles. The van der Waals surface area contributed by atoms with E-state index >= 15 is 0 Å². The van der Waals surface area contributed by atoms with Crippen LogP contribution >= 0.6 is 11.6 Å². The number of anilines is 1. The van der Waals surface area contributed by atoms with Gasteiger partial charge < -0.3 is 10.8 Å². The molecular formula is C22H23ClN2O4. The Hall–Kier alpha value is -3.12. The maximum atomic E-state index is 12.8. The third-order valence-corrected chi connectivity index (χ3v) is 4.96. The van der Waals surface area contributed by atoms with Gasteiger partial charge in [-0.15, -0.1) is 0 Å². The predicted molar refractivity (Wildman–Crippen MR) is 114 cm³/mol. The molecule has 0 aromatic heterocycles. The van der Waals surface area contributed by atoms with Crippen molar-refractivity contribution in [2.24, 2.45) is 0 Å². The van der Waals surface area contributed by atoms with E-state index in [0.717, 1.165) is 16.0 Å². The Balaban J connectivity index is 2.45. The largest absolute Gasteiger partial charge is 0.480 e. The van der Waals surface area contributed by atoms with Gasteiger partial charge in [-0.3, -0.25) is 19.3 Å². The number of aliphatic carboxylic acids is 1. The van der Waals surface area contributed by atoms with Crippen molar-refractivity contribution in [3.8, 4) is 0 Å². The first-order valence-electron chi connectivity index (χ1n) is 8.91. The van der Waals surface area contributed by atoms with E-state index in [2.05, 4.69) is 0 Å². The Bertz CT molecular complexity index is 998. The number of halogens is 1. The van der Waals surface area contributed by atoms with E-state index in [-0.39, 0.29) is 0 Å². The monoisotopic (exact) mass is 414 g/mol. The average molecular weight is 415 g/mol. The molecule has 29 heavy (non-hydrogen) atoms. The number of hydrogen-bond donors (Lipinski definition) is 2. The second-order valence-corrected chi connectivity index (χ2v) is 7.31. The Kier molecular flexibility index (Phi) is 6.82. The van der Waals surface area contributed by atoms with E-state index in [1.165, 1.54) is 0 Å². The minimum absolute atomic E-state index is 0.319. The number of nitrogens with zero attached hydrogens (tertiary/aromatic N) is 1. The summed E-state index contributed by atoms with van der Waals surface area (Å²) in [6, 6.07) is 7.12. The molecule has 0 saturated heterocycles. The summed E-state index contributed by atoms with van der Waals surface area (Å²) in [6.45, 7) is 6.17. The molecular weight excluding hydrogens is 392 g/mol. The normalized spacial score (nSPS) is 17.8. The van der Waals surface area contributed by atoms with E-state index in [0.29, 0.717) is 33.0 Å². The van der Waals surface area contributed by atoms with Crippen LogP contribution in [0.1, 0.15) is 33.3 Å². The van der Waals surface area contributed by atoms with Crippen LogP contribution in [0.2, 0.25) is 0 Å². The Morgan fingerprint density at radius 1 is 1.07 bits per heavy atom. The lowest BCUT2D eigenvalue weighted by Gasteiger charge is -2.28. The number of rotatable bonds is 5. The molecule has 0 radical (unpaired) electrons. The fraction of sp³-hybridized carbons (Fsp3) is 0.227. The highest BCUT2D eigenvalue weighted by molar-refractivity contribution is 6.49. The van der Waals surface area contributed by atoms with Gasteiger partial charge in [0.15, 0.2) is 0 Å². The minimum atomic E-state index is -1.25. The molecule has 0 fully saturated rings. The van der Waals surface area contributed by atoms with Crippen LogP contribution in [0.3, 0.4) is 0 Å². The van der Waals surface area contributed by atoms with E-state index in [1.54, 1.807) is 45.1 Å². The van der Waals surface area contributed by atoms with Crippen LogP contribution in [0.5, 0.6) is 0 Å². The summed E-state index contributed by atoms with van der Waals surface area (Å²) in [4.78, 5) is 36.9. The van der Waals surface area contributed by atoms with Crippen molar-refractivity contribution in [3.63, 3.8) is 0 Å². The molecule has 0 spiro atoms. The summed E-state index contributed by atoms with van der Waals surface area (Å²) in [7, 11) is 0. The fourth-order valence-electron chi connectivity index (χ4n) is 3.06. The summed E-state index contributed by atoms with van der Waals surface area (Å²) in [5.41, 5.74) is 9.74. The van der Waals surface area contributed by atoms with Crippen molar-refractivity contribution < 1.29 is 19.5 Å². The maximum absolute atomic E-state index is 12.8. The van der Waals surface area contributed by atoms with Crippen molar-refractivity contribution in [2.45, 2.75) is 27.7 Å². The van der Waals surface area contributed by atoms with E-state index in [4.69, 9.17) is 22.4 Å². The van der Waals surface area contributed by atoms with Gasteiger partial charge in [0.25, 0.3) is 11.8 Å². The number of imide groups is 1. The molecule has 1 aromatic carbocycles. The van der Waals surface area contributed by atoms with Crippen LogP contribution < -0.4 is 5.73 Å². The Labute approximate surface area is 174 Å². The van der Waals surface area contributed by atoms with E-state index in [1.807, 2.05) is 19.1 Å². The van der Waals surface area contributed by atoms with Gasteiger partial charge in [-0.1, -0.05) is 29.8 Å². The van der Waals surface area contributed by atoms with Crippen molar-refractivity contribution in [1.29, 1.82) is 0 Å². The lowest BCUT2D eigenvalue weighted by molar-refractivity contribution is -0.149. The number of nitrogen functional groups attached to an aromatic ring is 1. The maximum Gasteiger partial charge on any atom is 0.323 e. The molecule has 1 aromatic rings. The molecule has 0 aliphatic carbocycles. The summed E-state index contributed by atoms with van der Waals surface area (Å²) in [5.74, 6) is -2.45. The van der Waals surface area contributed by atoms with Crippen LogP contribution in [0, 0.1) is 0 Å². The first-order chi connectivity index (χ1) is 13.5. The molecule has 152 valence electrons. The second-order valence-electron chi connectivity index (χ2n) is 6.90. The molecule has 7 heteroatoms. The number of amides is 2. The van der Waals surface area contributed by atoms with Gasteiger partial charge >= 0.3 is 5.97 Å². The topological polar surface area (TPSA) is 101 Å². The fourth-order valence-corrected chi connectivity index (χ4v) is 3.36. The zero-order valence-corrected chi connectivity index (χ0v) is 17.5. The quantitative estimate of drug-likeness (QED) is 0.329. The smallest absolute Gasteiger partial charge is 0.323 e. The van der Waals surface area contributed by atoms with Gasteiger partial charge in [0.1, 0.15) is 6.54 Å². The van der Waals surface area contributed by atoms with Crippen LogP contribution in [0.25, 0.3) is 5.03 Å². The number of hydrogen-bond acceptors (Lipinski definition) is 4. The van der Waals surface area contributed by atoms with E-state index < -0.39 is 24.3 Å². The number of carbonyl (C=O) groups excluding carboxylic acids is 2. The van der Waals surface area contributed by atoms with Crippen molar-refractivity contribution in [1.82, 2.24) is 4.90 Å². The summed E-state index contributed by atoms with van der Waals surface area (Å²) < 4.78 is 0. The molecule has 2 amide bonds. The molecule has 6 nitrogen and oxygen atoms in total. The molecule has 2 rings (SSSR count). The summed E-state index contributed by atoms with van der Waals surface area (Å²) in [6.07, 6.45) is 3.54. The molecule has 0 saturated carbocycles. The van der Waals surface area contributed by atoms with Gasteiger partial charge in [0.2, 0.25) is 0 Å². The highest BCUT2D eigenvalue weighted by atomic mass is 35.5. The van der Waals surface area contributed by atoms with Crippen molar-refractivity contribution >= 4 is 40.1 Å².